The van der Waals surface area contributed by atoms with Crippen molar-refractivity contribution >= 4 is 23.4 Å². The minimum Gasteiger partial charge on any atom is -0.376 e. The molecule has 2 unspecified atom stereocenters. The molecule has 0 aromatic carbocycles. The molecule has 2 aliphatic rings. The van der Waals surface area contributed by atoms with Gasteiger partial charge in [0, 0.05) is 6.61 Å². The lowest BCUT2D eigenvalue weighted by atomic mass is 10.1. The van der Waals surface area contributed by atoms with E-state index in [1.54, 1.807) is 0 Å². The van der Waals surface area contributed by atoms with Crippen molar-refractivity contribution in [2.24, 2.45) is 5.92 Å². The number of nitrogens with one attached hydrogen (secondary N) is 1. The van der Waals surface area contributed by atoms with Crippen LogP contribution in [0.4, 0.5) is 11.8 Å². The monoisotopic (exact) mass is 254 g/mol. The highest BCUT2D eigenvalue weighted by molar-refractivity contribution is 6.32. The lowest BCUT2D eigenvalue weighted by molar-refractivity contribution is 0.0898. The zero-order valence-corrected chi connectivity index (χ0v) is 10.2. The molecule has 2 atom stereocenters. The normalized spacial score (nSPS) is 28.3. The molecule has 1 aromatic rings. The van der Waals surface area contributed by atoms with E-state index in [1.807, 2.05) is 0 Å². The quantitative estimate of drug-likeness (QED) is 0.859. The number of aromatic nitrogens is 2. The molecule has 2 fully saturated rings. The Balaban J connectivity index is 1.74. The van der Waals surface area contributed by atoms with Crippen molar-refractivity contribution < 1.29 is 4.74 Å². The molecule has 6 heteroatoms. The Morgan fingerprint density at radius 1 is 1.41 bits per heavy atom. The molecule has 3 rings (SSSR count). The molecular formula is C11H15ClN4O. The van der Waals surface area contributed by atoms with Crippen LogP contribution >= 0.6 is 11.6 Å². The predicted octanol–water partition coefficient (Wildman–Crippen LogP) is 1.69. The summed E-state index contributed by atoms with van der Waals surface area (Å²) in [5.74, 6) is 1.55. The van der Waals surface area contributed by atoms with Crippen LogP contribution in [-0.4, -0.2) is 28.7 Å². The van der Waals surface area contributed by atoms with Gasteiger partial charge >= 0.3 is 0 Å². The van der Waals surface area contributed by atoms with Crippen molar-refractivity contribution in [1.29, 1.82) is 0 Å². The number of anilines is 2. The Hall–Kier alpha value is -1.07. The molecule has 17 heavy (non-hydrogen) atoms. The highest BCUT2D eigenvalue weighted by atomic mass is 35.5. The molecule has 1 aromatic heterocycles. The van der Waals surface area contributed by atoms with Crippen molar-refractivity contribution in [3.63, 3.8) is 0 Å². The Bertz CT molecular complexity index is 424. The molecule has 1 saturated carbocycles. The van der Waals surface area contributed by atoms with Crippen LogP contribution in [0.5, 0.6) is 0 Å². The Labute approximate surface area is 105 Å². The maximum atomic E-state index is 6.03. The smallest absolute Gasteiger partial charge is 0.222 e. The first kappa shape index (κ1) is 11.0. The van der Waals surface area contributed by atoms with Gasteiger partial charge < -0.3 is 15.8 Å². The van der Waals surface area contributed by atoms with E-state index in [0.717, 1.165) is 13.0 Å². The second-order valence-corrected chi connectivity index (χ2v) is 5.04. The number of ether oxygens (including phenoxy) is 1. The minimum absolute atomic E-state index is 0.235. The number of hydrogen-bond acceptors (Lipinski definition) is 5. The fraction of sp³-hybridized carbons (Fsp3) is 0.636. The average molecular weight is 255 g/mol. The van der Waals surface area contributed by atoms with Gasteiger partial charge in [-0.15, -0.1) is 0 Å². The molecule has 0 spiro atoms. The summed E-state index contributed by atoms with van der Waals surface area (Å²) in [7, 11) is 0. The maximum Gasteiger partial charge on any atom is 0.222 e. The minimum atomic E-state index is 0.235. The topological polar surface area (TPSA) is 73.1 Å². The summed E-state index contributed by atoms with van der Waals surface area (Å²) in [6.45, 7) is 0.803. The van der Waals surface area contributed by atoms with Gasteiger partial charge in [-0.1, -0.05) is 11.6 Å². The SMILES string of the molecule is Nc1ncc(Cl)c(NC2CCOC2C2CC2)n1. The van der Waals surface area contributed by atoms with Crippen molar-refractivity contribution in [1.82, 2.24) is 9.97 Å². The van der Waals surface area contributed by atoms with E-state index in [-0.39, 0.29) is 12.0 Å². The number of halogens is 1. The van der Waals surface area contributed by atoms with Crippen molar-refractivity contribution in [3.05, 3.63) is 11.2 Å². The summed E-state index contributed by atoms with van der Waals surface area (Å²) in [6, 6.07) is 0.286. The average Bonchev–Trinajstić information content (AvgIpc) is 3.05. The van der Waals surface area contributed by atoms with Crippen LogP contribution in [0.15, 0.2) is 6.20 Å². The first-order chi connectivity index (χ1) is 8.24. The second-order valence-electron chi connectivity index (χ2n) is 4.64. The molecule has 0 bridgehead atoms. The number of nitrogens with two attached hydrogens (primary N) is 1. The van der Waals surface area contributed by atoms with Crippen molar-refractivity contribution in [3.8, 4) is 0 Å². The summed E-state index contributed by atoms with van der Waals surface area (Å²) < 4.78 is 5.75. The first-order valence-corrected chi connectivity index (χ1v) is 6.28. The van der Waals surface area contributed by atoms with Crippen LogP contribution < -0.4 is 11.1 Å². The van der Waals surface area contributed by atoms with E-state index in [0.29, 0.717) is 22.9 Å². The van der Waals surface area contributed by atoms with E-state index in [4.69, 9.17) is 22.1 Å². The fourth-order valence-corrected chi connectivity index (χ4v) is 2.46. The zero-order chi connectivity index (χ0) is 11.8. The van der Waals surface area contributed by atoms with Crippen LogP contribution in [0, 0.1) is 5.92 Å². The lowest BCUT2D eigenvalue weighted by Gasteiger charge is -2.20. The van der Waals surface area contributed by atoms with Crippen LogP contribution in [-0.2, 0) is 4.74 Å². The summed E-state index contributed by atoms with van der Waals surface area (Å²) in [5, 5.41) is 3.83. The molecule has 0 radical (unpaired) electrons. The standard InChI is InChI=1S/C11H15ClN4O/c12-7-5-14-11(13)16-10(7)15-8-3-4-17-9(8)6-1-2-6/h5-6,8-9H,1-4H2,(H3,13,14,15,16). The molecule has 5 nitrogen and oxygen atoms in total. The number of hydrogen-bond donors (Lipinski definition) is 2. The first-order valence-electron chi connectivity index (χ1n) is 5.90. The summed E-state index contributed by atoms with van der Waals surface area (Å²) in [4.78, 5) is 7.96. The largest absolute Gasteiger partial charge is 0.376 e. The highest BCUT2D eigenvalue weighted by Gasteiger charge is 2.40. The molecule has 1 aliphatic heterocycles. The Morgan fingerprint density at radius 2 is 2.24 bits per heavy atom. The van der Waals surface area contributed by atoms with Crippen LogP contribution in [0.3, 0.4) is 0 Å². The molecule has 0 amide bonds. The van der Waals surface area contributed by atoms with Crippen LogP contribution in [0.1, 0.15) is 19.3 Å². The summed E-state index contributed by atoms with van der Waals surface area (Å²) in [5.41, 5.74) is 5.56. The molecule has 3 N–H and O–H groups in total. The number of rotatable bonds is 3. The van der Waals surface area contributed by atoms with E-state index in [1.165, 1.54) is 19.0 Å². The third-order valence-corrected chi connectivity index (χ3v) is 3.58. The highest BCUT2D eigenvalue weighted by Crippen LogP contribution is 2.39. The van der Waals surface area contributed by atoms with E-state index in [9.17, 15) is 0 Å². The summed E-state index contributed by atoms with van der Waals surface area (Å²) >= 11 is 6.03. The van der Waals surface area contributed by atoms with Gasteiger partial charge in [0.1, 0.15) is 5.02 Å². The lowest BCUT2D eigenvalue weighted by Crippen LogP contribution is -2.31. The van der Waals surface area contributed by atoms with Gasteiger partial charge in [0.15, 0.2) is 5.82 Å². The third kappa shape index (κ3) is 2.30. The zero-order valence-electron chi connectivity index (χ0n) is 9.40. The van der Waals surface area contributed by atoms with Gasteiger partial charge in [0.2, 0.25) is 5.95 Å². The Kier molecular flexibility index (Phi) is 2.80. The van der Waals surface area contributed by atoms with Gasteiger partial charge in [0.25, 0.3) is 0 Å². The van der Waals surface area contributed by atoms with Gasteiger partial charge in [-0.3, -0.25) is 0 Å². The van der Waals surface area contributed by atoms with Crippen molar-refractivity contribution in [2.75, 3.05) is 17.7 Å². The van der Waals surface area contributed by atoms with Crippen LogP contribution in [0.2, 0.25) is 5.02 Å². The van der Waals surface area contributed by atoms with Gasteiger partial charge in [-0.25, -0.2) is 4.98 Å². The number of nitrogens with zero attached hydrogens (tertiary/aromatic N) is 2. The molecule has 1 aliphatic carbocycles. The van der Waals surface area contributed by atoms with E-state index in [2.05, 4.69) is 15.3 Å². The Morgan fingerprint density at radius 3 is 3.00 bits per heavy atom. The third-order valence-electron chi connectivity index (χ3n) is 3.31. The van der Waals surface area contributed by atoms with Gasteiger partial charge in [0.05, 0.1) is 18.3 Å². The van der Waals surface area contributed by atoms with E-state index >= 15 is 0 Å². The molecule has 2 heterocycles. The second kappa shape index (κ2) is 4.31. The van der Waals surface area contributed by atoms with Gasteiger partial charge in [-0.2, -0.15) is 4.98 Å². The molecular weight excluding hydrogens is 240 g/mol. The predicted molar refractivity (Wildman–Crippen MR) is 65.9 cm³/mol. The fourth-order valence-electron chi connectivity index (χ4n) is 2.31. The van der Waals surface area contributed by atoms with E-state index < -0.39 is 0 Å². The maximum absolute atomic E-state index is 6.03. The molecule has 1 saturated heterocycles. The summed E-state index contributed by atoms with van der Waals surface area (Å²) in [6.07, 6.45) is 5.34. The molecule has 92 valence electrons. The number of nitrogen functional groups attached to an aromatic ring is 1. The van der Waals surface area contributed by atoms with Crippen LogP contribution in [0.25, 0.3) is 0 Å². The van der Waals surface area contributed by atoms with Gasteiger partial charge in [-0.05, 0) is 25.2 Å². The van der Waals surface area contributed by atoms with Crippen molar-refractivity contribution in [2.45, 2.75) is 31.4 Å².